The van der Waals surface area contributed by atoms with Crippen molar-refractivity contribution in [1.82, 2.24) is 19.7 Å². The van der Waals surface area contributed by atoms with Crippen LogP contribution in [-0.2, 0) is 6.10 Å². The van der Waals surface area contributed by atoms with E-state index in [1.807, 2.05) is 30.3 Å². The van der Waals surface area contributed by atoms with Crippen molar-refractivity contribution < 1.29 is 24.1 Å². The predicted molar refractivity (Wildman–Crippen MR) is 108 cm³/mol. The van der Waals surface area contributed by atoms with Crippen LogP contribution in [0.25, 0.3) is 44.9 Å². The minimum absolute atomic E-state index is 0.254. The predicted octanol–water partition coefficient (Wildman–Crippen LogP) is 3.10. The summed E-state index contributed by atoms with van der Waals surface area (Å²) in [5.41, 5.74) is 2.67. The molecule has 31 heavy (non-hydrogen) atoms. The molecule has 0 radical (unpaired) electrons. The second kappa shape index (κ2) is 7.10. The van der Waals surface area contributed by atoms with Gasteiger partial charge in [0.15, 0.2) is 0 Å². The van der Waals surface area contributed by atoms with E-state index < -0.39 is 11.9 Å². The van der Waals surface area contributed by atoms with Gasteiger partial charge in [0.05, 0.1) is 11.1 Å². The van der Waals surface area contributed by atoms with Crippen molar-refractivity contribution >= 4 is 11.1 Å². The first-order valence-corrected chi connectivity index (χ1v) is 9.24. The molecule has 5 aromatic rings. The molecule has 3 aromatic heterocycles. The summed E-state index contributed by atoms with van der Waals surface area (Å²) in [5, 5.41) is 33.5. The molecule has 0 unspecified atom stereocenters. The Kier molecular flexibility index (Phi) is 4.36. The Morgan fingerprint density at radius 2 is 1.61 bits per heavy atom. The minimum atomic E-state index is -3.23. The lowest BCUT2D eigenvalue weighted by Gasteiger charge is -2.12. The van der Waals surface area contributed by atoms with Gasteiger partial charge in [-0.25, -0.2) is 14.4 Å². The summed E-state index contributed by atoms with van der Waals surface area (Å²) >= 11 is 0. The van der Waals surface area contributed by atoms with Crippen LogP contribution in [0.3, 0.4) is 0 Å². The largest absolute Gasteiger partial charge is 0.438 e. The smallest absolute Gasteiger partial charge is 0.389 e. The second-order valence-corrected chi connectivity index (χ2v) is 6.86. The van der Waals surface area contributed by atoms with Crippen LogP contribution in [0.5, 0.6) is 0 Å². The number of fused-ring (bicyclic) bond motifs is 1. The molecule has 0 fully saturated rings. The van der Waals surface area contributed by atoms with E-state index in [-0.39, 0.29) is 5.69 Å². The lowest BCUT2D eigenvalue weighted by Crippen LogP contribution is -2.32. The third-order valence-corrected chi connectivity index (χ3v) is 4.78. The summed E-state index contributed by atoms with van der Waals surface area (Å²) in [6.07, 6.45) is -0.688. The number of aliphatic hydroxyl groups is 3. The molecule has 0 amide bonds. The fourth-order valence-electron chi connectivity index (χ4n) is 3.34. The summed E-state index contributed by atoms with van der Waals surface area (Å²) in [7, 11) is 0. The Morgan fingerprint density at radius 3 is 2.32 bits per heavy atom. The highest BCUT2D eigenvalue weighted by Crippen LogP contribution is 2.37. The molecular formula is C22H15FN4O4. The van der Waals surface area contributed by atoms with Gasteiger partial charge in [0.25, 0.3) is 0 Å². The molecular weight excluding hydrogens is 403 g/mol. The standard InChI is InChI=1S/C22H15FN4O4/c23-15-8-6-14(7-9-15)19-17(11-27(26-19)22(28,29)30)20-16-10-18(13-4-2-1-3-5-13)31-21(16)25-12-24-20/h1-12,28-30H. The Bertz CT molecular complexity index is 1370. The van der Waals surface area contributed by atoms with Gasteiger partial charge in [-0.1, -0.05) is 30.3 Å². The topological polar surface area (TPSA) is 117 Å². The first-order chi connectivity index (χ1) is 14.9. The van der Waals surface area contributed by atoms with Crippen LogP contribution in [-0.4, -0.2) is 35.1 Å². The molecule has 9 heteroatoms. The highest BCUT2D eigenvalue weighted by Gasteiger charge is 2.27. The Labute approximate surface area is 174 Å². The molecule has 0 saturated carbocycles. The van der Waals surface area contributed by atoms with Crippen molar-refractivity contribution in [2.24, 2.45) is 0 Å². The average Bonchev–Trinajstić information content (AvgIpc) is 3.39. The third kappa shape index (κ3) is 3.46. The maximum atomic E-state index is 13.4. The van der Waals surface area contributed by atoms with Gasteiger partial charge in [-0.2, -0.15) is 9.78 Å². The minimum Gasteiger partial charge on any atom is -0.438 e. The normalized spacial score (nSPS) is 11.9. The lowest BCUT2D eigenvalue weighted by atomic mass is 10.0. The highest BCUT2D eigenvalue weighted by atomic mass is 19.1. The maximum Gasteiger partial charge on any atom is 0.389 e. The summed E-state index contributed by atoms with van der Waals surface area (Å²) in [6.45, 7) is 0. The molecule has 0 aliphatic rings. The van der Waals surface area contributed by atoms with Crippen LogP contribution in [0.1, 0.15) is 0 Å². The van der Waals surface area contributed by atoms with Crippen molar-refractivity contribution in [2.45, 2.75) is 6.10 Å². The van der Waals surface area contributed by atoms with Gasteiger partial charge < -0.3 is 19.7 Å². The van der Waals surface area contributed by atoms with Gasteiger partial charge in [0.2, 0.25) is 5.71 Å². The van der Waals surface area contributed by atoms with Gasteiger partial charge in [-0.15, -0.1) is 0 Å². The van der Waals surface area contributed by atoms with Crippen molar-refractivity contribution in [2.75, 3.05) is 0 Å². The molecule has 8 nitrogen and oxygen atoms in total. The first kappa shape index (κ1) is 19.1. The van der Waals surface area contributed by atoms with E-state index in [2.05, 4.69) is 15.1 Å². The molecule has 2 aromatic carbocycles. The zero-order chi connectivity index (χ0) is 21.6. The number of benzene rings is 2. The van der Waals surface area contributed by atoms with Crippen LogP contribution in [0.15, 0.2) is 77.6 Å². The van der Waals surface area contributed by atoms with Gasteiger partial charge in [0, 0.05) is 22.9 Å². The van der Waals surface area contributed by atoms with Crippen LogP contribution in [0, 0.1) is 5.82 Å². The van der Waals surface area contributed by atoms with Gasteiger partial charge >= 0.3 is 6.10 Å². The number of hydrogen-bond donors (Lipinski definition) is 3. The van der Waals surface area contributed by atoms with Crippen molar-refractivity contribution in [3.63, 3.8) is 0 Å². The molecule has 5 rings (SSSR count). The van der Waals surface area contributed by atoms with Gasteiger partial charge in [0.1, 0.15) is 23.6 Å². The number of halogens is 1. The molecule has 0 spiro atoms. The monoisotopic (exact) mass is 418 g/mol. The van der Waals surface area contributed by atoms with E-state index in [9.17, 15) is 19.7 Å². The number of nitrogens with zero attached hydrogens (tertiary/aromatic N) is 4. The number of hydrogen-bond acceptors (Lipinski definition) is 7. The summed E-state index contributed by atoms with van der Waals surface area (Å²) in [4.78, 5) is 8.52. The van der Waals surface area contributed by atoms with Crippen LogP contribution >= 0.6 is 0 Å². The zero-order valence-electron chi connectivity index (χ0n) is 15.8. The summed E-state index contributed by atoms with van der Waals surface area (Å²) < 4.78 is 19.9. The second-order valence-electron chi connectivity index (χ2n) is 6.86. The SMILES string of the molecule is OC(O)(O)n1cc(-c2ncnc3oc(-c4ccccc4)cc23)c(-c2ccc(F)cc2)n1. The van der Waals surface area contributed by atoms with Crippen molar-refractivity contribution in [3.8, 4) is 33.8 Å². The van der Waals surface area contributed by atoms with E-state index in [1.165, 1.54) is 36.8 Å². The first-order valence-electron chi connectivity index (χ1n) is 9.24. The molecule has 3 heterocycles. The Hall–Kier alpha value is -3.92. The number of rotatable bonds is 4. The van der Waals surface area contributed by atoms with Crippen LogP contribution < -0.4 is 0 Å². The molecule has 0 bridgehead atoms. The van der Waals surface area contributed by atoms with E-state index in [0.717, 1.165) is 5.56 Å². The molecule has 0 aliphatic heterocycles. The third-order valence-electron chi connectivity index (χ3n) is 4.78. The summed E-state index contributed by atoms with van der Waals surface area (Å²) in [6, 6.07) is 16.7. The lowest BCUT2D eigenvalue weighted by molar-refractivity contribution is -0.380. The number of aromatic nitrogens is 4. The van der Waals surface area contributed by atoms with E-state index >= 15 is 0 Å². The van der Waals surface area contributed by atoms with E-state index in [1.54, 1.807) is 6.07 Å². The highest BCUT2D eigenvalue weighted by molar-refractivity contribution is 5.95. The fraction of sp³-hybridized carbons (Fsp3) is 0.0455. The molecule has 0 aliphatic carbocycles. The molecule has 0 saturated heterocycles. The quantitative estimate of drug-likeness (QED) is 0.384. The average molecular weight is 418 g/mol. The molecule has 0 atom stereocenters. The Morgan fingerprint density at radius 1 is 0.871 bits per heavy atom. The molecule has 154 valence electrons. The van der Waals surface area contributed by atoms with Gasteiger partial charge in [-0.05, 0) is 30.3 Å². The Balaban J connectivity index is 1.73. The summed E-state index contributed by atoms with van der Waals surface area (Å²) in [5.74, 6) is 0.145. The van der Waals surface area contributed by atoms with E-state index in [4.69, 9.17) is 4.42 Å². The van der Waals surface area contributed by atoms with Crippen LogP contribution in [0.2, 0.25) is 0 Å². The zero-order valence-corrected chi connectivity index (χ0v) is 15.8. The van der Waals surface area contributed by atoms with Crippen molar-refractivity contribution in [3.05, 3.63) is 79.0 Å². The van der Waals surface area contributed by atoms with Gasteiger partial charge in [-0.3, -0.25) is 0 Å². The number of furan rings is 1. The van der Waals surface area contributed by atoms with E-state index in [0.29, 0.717) is 38.4 Å². The van der Waals surface area contributed by atoms with Crippen LogP contribution in [0.4, 0.5) is 4.39 Å². The maximum absolute atomic E-state index is 13.4. The fourth-order valence-corrected chi connectivity index (χ4v) is 3.34. The van der Waals surface area contributed by atoms with Crippen molar-refractivity contribution in [1.29, 1.82) is 0 Å². The molecule has 3 N–H and O–H groups in total.